The van der Waals surface area contributed by atoms with Crippen LogP contribution in [-0.4, -0.2) is 70.7 Å². The fourth-order valence-electron chi connectivity index (χ4n) is 5.87. The number of rotatable bonds is 41. The molecule has 0 heterocycles. The molecule has 2 atom stereocenters. The molecule has 0 radical (unpaired) electrons. The molecule has 326 valence electrons. The summed E-state index contributed by atoms with van der Waals surface area (Å²) in [5.41, 5.74) is 0. The van der Waals surface area contributed by atoms with Gasteiger partial charge in [-0.2, -0.15) is 0 Å². The molecule has 0 aromatic carbocycles. The molecule has 0 fully saturated rings. The molecule has 0 aromatic rings. The number of likely N-dealkylation sites (N-methyl/N-ethyl adjacent to an activating group) is 1. The van der Waals surface area contributed by atoms with Crippen LogP contribution in [0.3, 0.4) is 0 Å². The van der Waals surface area contributed by atoms with Crippen LogP contribution in [0, 0.1) is 0 Å². The summed E-state index contributed by atoms with van der Waals surface area (Å²) < 4.78 is 34.6. The number of unbranched alkanes of at least 4 members (excludes halogenated alkanes) is 17. The molecule has 0 aliphatic rings. The van der Waals surface area contributed by atoms with E-state index in [1.54, 1.807) is 0 Å². The first-order valence-corrected chi connectivity index (χ1v) is 24.0. The third-order valence-corrected chi connectivity index (χ3v) is 10.3. The Morgan fingerprint density at radius 2 is 1.04 bits per heavy atom. The number of ether oxygens (including phenoxy) is 2. The number of hydrogen-bond donors (Lipinski definition) is 0. The third-order valence-electron chi connectivity index (χ3n) is 9.33. The van der Waals surface area contributed by atoms with E-state index in [1.165, 1.54) is 83.5 Å². The van der Waals surface area contributed by atoms with Crippen molar-refractivity contribution in [2.45, 2.75) is 180 Å². The molecule has 0 amide bonds. The van der Waals surface area contributed by atoms with Crippen molar-refractivity contribution in [3.63, 3.8) is 0 Å². The molecule has 0 aliphatic heterocycles. The molecule has 56 heavy (non-hydrogen) atoms. The summed E-state index contributed by atoms with van der Waals surface area (Å²) >= 11 is 0. The summed E-state index contributed by atoms with van der Waals surface area (Å²) in [6, 6.07) is 0. The van der Waals surface area contributed by atoms with Crippen molar-refractivity contribution in [3.05, 3.63) is 60.8 Å². The van der Waals surface area contributed by atoms with Gasteiger partial charge >= 0.3 is 5.97 Å². The van der Waals surface area contributed by atoms with E-state index in [-0.39, 0.29) is 25.8 Å². The molecule has 0 saturated carbocycles. The van der Waals surface area contributed by atoms with Crippen LogP contribution in [0.1, 0.15) is 174 Å². The zero-order valence-electron chi connectivity index (χ0n) is 36.8. The van der Waals surface area contributed by atoms with Crippen molar-refractivity contribution in [2.75, 3.05) is 54.1 Å². The van der Waals surface area contributed by atoms with E-state index in [1.807, 2.05) is 21.1 Å². The molecular formula is C47H86NO7P. The van der Waals surface area contributed by atoms with Crippen LogP contribution in [0.4, 0.5) is 0 Å². The lowest BCUT2D eigenvalue weighted by Crippen LogP contribution is -2.37. The Hall–Kier alpha value is -1.80. The van der Waals surface area contributed by atoms with Crippen molar-refractivity contribution in [3.8, 4) is 0 Å². The lowest BCUT2D eigenvalue weighted by atomic mass is 10.0. The molecule has 2 unspecified atom stereocenters. The van der Waals surface area contributed by atoms with Gasteiger partial charge in [-0.1, -0.05) is 171 Å². The molecule has 0 bridgehead atoms. The van der Waals surface area contributed by atoms with Crippen LogP contribution in [0.25, 0.3) is 0 Å². The van der Waals surface area contributed by atoms with Gasteiger partial charge in [0.2, 0.25) is 0 Å². The predicted molar refractivity (Wildman–Crippen MR) is 236 cm³/mol. The number of quaternary nitrogens is 1. The molecule has 0 aliphatic carbocycles. The second-order valence-corrected chi connectivity index (χ2v) is 17.4. The molecular weight excluding hydrogens is 721 g/mol. The Labute approximate surface area is 345 Å². The van der Waals surface area contributed by atoms with Crippen molar-refractivity contribution < 1.29 is 37.3 Å². The predicted octanol–water partition coefficient (Wildman–Crippen LogP) is 12.7. The Balaban J connectivity index is 4.30. The van der Waals surface area contributed by atoms with Gasteiger partial charge in [-0.3, -0.25) is 9.36 Å². The average molecular weight is 808 g/mol. The molecule has 9 heteroatoms. The molecule has 0 saturated heterocycles. The largest absolute Gasteiger partial charge is 0.756 e. The first-order chi connectivity index (χ1) is 27.1. The van der Waals surface area contributed by atoms with Gasteiger partial charge in [-0.25, -0.2) is 0 Å². The van der Waals surface area contributed by atoms with E-state index in [2.05, 4.69) is 74.6 Å². The smallest absolute Gasteiger partial charge is 0.306 e. The number of esters is 1. The number of carbonyl (C=O) groups excluding carboxylic acids is 1. The van der Waals surface area contributed by atoms with Crippen LogP contribution in [-0.2, 0) is 27.9 Å². The molecule has 0 N–H and O–H groups in total. The van der Waals surface area contributed by atoms with Crippen LogP contribution >= 0.6 is 7.82 Å². The number of phosphoric ester groups is 1. The van der Waals surface area contributed by atoms with Crippen LogP contribution in [0.2, 0.25) is 0 Å². The first kappa shape index (κ1) is 54.2. The summed E-state index contributed by atoms with van der Waals surface area (Å²) in [6.07, 6.45) is 49.5. The van der Waals surface area contributed by atoms with E-state index < -0.39 is 13.9 Å². The molecule has 0 aromatic heterocycles. The number of allylic oxidation sites excluding steroid dienone is 10. The summed E-state index contributed by atoms with van der Waals surface area (Å²) in [5, 5.41) is 0. The highest BCUT2D eigenvalue weighted by atomic mass is 31.2. The van der Waals surface area contributed by atoms with E-state index >= 15 is 0 Å². The minimum atomic E-state index is -4.54. The number of carbonyl (C=O) groups is 1. The maximum atomic E-state index is 12.7. The molecule has 0 spiro atoms. The van der Waals surface area contributed by atoms with E-state index in [9.17, 15) is 14.3 Å². The Morgan fingerprint density at radius 1 is 0.571 bits per heavy atom. The lowest BCUT2D eigenvalue weighted by Gasteiger charge is -2.28. The van der Waals surface area contributed by atoms with Gasteiger partial charge in [0.1, 0.15) is 19.3 Å². The van der Waals surface area contributed by atoms with E-state index in [0.29, 0.717) is 24.1 Å². The first-order valence-electron chi connectivity index (χ1n) is 22.5. The fraction of sp³-hybridized carbons (Fsp3) is 0.766. The SMILES string of the molecule is CC/C=C\C/C=C\C/C=C\C/C=C\C/C=C\CCCCOCC(COP(=O)([O-])OCC[N+](C)(C)C)OC(=O)CCCCCCCCCCCCCCCCCC. The normalized spacial score (nSPS) is 14.3. The quantitative estimate of drug-likeness (QED) is 0.0200. The lowest BCUT2D eigenvalue weighted by molar-refractivity contribution is -0.870. The van der Waals surface area contributed by atoms with Gasteiger partial charge in [0.15, 0.2) is 0 Å². The topological polar surface area (TPSA) is 94.1 Å². The van der Waals surface area contributed by atoms with Gasteiger partial charge in [-0.05, 0) is 57.8 Å². The third kappa shape index (κ3) is 43.3. The van der Waals surface area contributed by atoms with E-state index in [0.717, 1.165) is 70.6 Å². The minimum Gasteiger partial charge on any atom is -0.756 e. The zero-order valence-corrected chi connectivity index (χ0v) is 37.7. The second-order valence-electron chi connectivity index (χ2n) is 16.0. The van der Waals surface area contributed by atoms with Gasteiger partial charge in [0.25, 0.3) is 7.82 Å². The highest BCUT2D eigenvalue weighted by molar-refractivity contribution is 7.45. The van der Waals surface area contributed by atoms with Gasteiger partial charge in [0, 0.05) is 13.0 Å². The van der Waals surface area contributed by atoms with E-state index in [4.69, 9.17) is 18.5 Å². The number of phosphoric acid groups is 1. The molecule has 8 nitrogen and oxygen atoms in total. The Kier molecular flexibility index (Phi) is 38.7. The average Bonchev–Trinajstić information content (AvgIpc) is 3.15. The van der Waals surface area contributed by atoms with Crippen molar-refractivity contribution in [1.82, 2.24) is 0 Å². The second kappa shape index (κ2) is 40.0. The van der Waals surface area contributed by atoms with Gasteiger partial charge in [0.05, 0.1) is 34.4 Å². The van der Waals surface area contributed by atoms with Gasteiger partial charge in [-0.15, -0.1) is 0 Å². The van der Waals surface area contributed by atoms with Crippen molar-refractivity contribution in [2.24, 2.45) is 0 Å². The Morgan fingerprint density at radius 3 is 1.52 bits per heavy atom. The minimum absolute atomic E-state index is 0.0162. The summed E-state index contributed by atoms with van der Waals surface area (Å²) in [6.45, 7) is 5.19. The fourth-order valence-corrected chi connectivity index (χ4v) is 6.59. The summed E-state index contributed by atoms with van der Waals surface area (Å²) in [4.78, 5) is 25.1. The summed E-state index contributed by atoms with van der Waals surface area (Å²) in [5.74, 6) is -0.349. The number of hydrogen-bond acceptors (Lipinski definition) is 7. The van der Waals surface area contributed by atoms with Crippen LogP contribution < -0.4 is 4.89 Å². The highest BCUT2D eigenvalue weighted by Gasteiger charge is 2.20. The van der Waals surface area contributed by atoms with Crippen LogP contribution in [0.5, 0.6) is 0 Å². The van der Waals surface area contributed by atoms with Crippen molar-refractivity contribution in [1.29, 1.82) is 0 Å². The monoisotopic (exact) mass is 808 g/mol. The van der Waals surface area contributed by atoms with Crippen molar-refractivity contribution >= 4 is 13.8 Å². The summed E-state index contributed by atoms with van der Waals surface area (Å²) in [7, 11) is 1.32. The zero-order chi connectivity index (χ0) is 41.3. The Bertz CT molecular complexity index is 1080. The van der Waals surface area contributed by atoms with Gasteiger partial charge < -0.3 is 27.9 Å². The standard InChI is InChI=1S/C47H86NO7P/c1-6-8-10-12-14-16-18-20-22-24-25-27-29-31-33-35-37-39-42-52-44-46(45-54-56(50,51)53-43-41-48(3,4)5)55-47(49)40-38-36-34-32-30-28-26-23-21-19-17-15-13-11-9-7-2/h8,10,14,16,20,22,25,27,31,33,46H,6-7,9,11-13,15,17-19,21,23-24,26,28-30,32,34-45H2,1-5H3/b10-8-,16-14-,22-20-,27-25-,33-31-. The highest BCUT2D eigenvalue weighted by Crippen LogP contribution is 2.38. The maximum absolute atomic E-state index is 12.7. The maximum Gasteiger partial charge on any atom is 0.306 e. The molecule has 0 rings (SSSR count). The van der Waals surface area contributed by atoms with Crippen LogP contribution in [0.15, 0.2) is 60.8 Å². The number of nitrogens with zero attached hydrogens (tertiary/aromatic N) is 1.